The SMILES string of the molecule is NC(=S)N/N=C/c1cc(-c2ccsc2)ccc1O. The molecule has 6 heteroatoms. The molecule has 2 aromatic rings. The van der Waals surface area contributed by atoms with Crippen molar-refractivity contribution in [3.63, 3.8) is 0 Å². The van der Waals surface area contributed by atoms with Crippen LogP contribution in [0.2, 0.25) is 0 Å². The lowest BCUT2D eigenvalue weighted by atomic mass is 10.1. The number of hydrogen-bond acceptors (Lipinski definition) is 4. The van der Waals surface area contributed by atoms with Crippen LogP contribution in [0.5, 0.6) is 5.75 Å². The molecule has 0 spiro atoms. The number of thiophene rings is 1. The molecule has 0 aliphatic heterocycles. The van der Waals surface area contributed by atoms with Gasteiger partial charge in [0.1, 0.15) is 5.75 Å². The van der Waals surface area contributed by atoms with Gasteiger partial charge in [0.2, 0.25) is 0 Å². The molecule has 4 nitrogen and oxygen atoms in total. The van der Waals surface area contributed by atoms with Gasteiger partial charge in [-0.3, -0.25) is 5.43 Å². The van der Waals surface area contributed by atoms with Crippen LogP contribution >= 0.6 is 23.6 Å². The Morgan fingerprint density at radius 1 is 1.39 bits per heavy atom. The van der Waals surface area contributed by atoms with Crippen LogP contribution in [-0.4, -0.2) is 16.4 Å². The minimum Gasteiger partial charge on any atom is -0.507 e. The first kappa shape index (κ1) is 12.5. The quantitative estimate of drug-likeness (QED) is 0.457. The van der Waals surface area contributed by atoms with Crippen LogP contribution in [0.3, 0.4) is 0 Å². The third-order valence-electron chi connectivity index (χ3n) is 2.26. The first-order valence-corrected chi connectivity index (χ1v) is 6.46. The molecule has 1 aromatic heterocycles. The van der Waals surface area contributed by atoms with Gasteiger partial charge in [-0.1, -0.05) is 6.07 Å². The van der Waals surface area contributed by atoms with E-state index < -0.39 is 0 Å². The molecule has 0 amide bonds. The van der Waals surface area contributed by atoms with E-state index in [0.29, 0.717) is 5.56 Å². The normalized spacial score (nSPS) is 10.7. The summed E-state index contributed by atoms with van der Waals surface area (Å²) in [5.41, 5.74) is 10.4. The molecule has 0 radical (unpaired) electrons. The van der Waals surface area contributed by atoms with E-state index in [1.807, 2.05) is 29.0 Å². The van der Waals surface area contributed by atoms with Crippen molar-refractivity contribution in [2.45, 2.75) is 0 Å². The number of thiocarbonyl (C=S) groups is 1. The van der Waals surface area contributed by atoms with Gasteiger partial charge in [0.25, 0.3) is 0 Å². The van der Waals surface area contributed by atoms with Gasteiger partial charge < -0.3 is 10.8 Å². The molecule has 92 valence electrons. The first-order valence-electron chi connectivity index (χ1n) is 5.11. The number of rotatable bonds is 3. The minimum absolute atomic E-state index is 0.0831. The van der Waals surface area contributed by atoms with Gasteiger partial charge in [-0.25, -0.2) is 0 Å². The van der Waals surface area contributed by atoms with E-state index in [4.69, 9.17) is 5.73 Å². The molecule has 2 rings (SSSR count). The Hall–Kier alpha value is -1.92. The molecule has 0 bridgehead atoms. The zero-order valence-corrected chi connectivity index (χ0v) is 11.0. The Morgan fingerprint density at radius 3 is 2.89 bits per heavy atom. The summed E-state index contributed by atoms with van der Waals surface area (Å²) in [6.07, 6.45) is 1.48. The molecule has 1 heterocycles. The lowest BCUT2D eigenvalue weighted by Crippen LogP contribution is -2.23. The maximum absolute atomic E-state index is 9.72. The van der Waals surface area contributed by atoms with Crippen LogP contribution < -0.4 is 11.2 Å². The molecule has 0 saturated carbocycles. The van der Waals surface area contributed by atoms with E-state index in [2.05, 4.69) is 22.7 Å². The number of phenolic OH excluding ortho intramolecular Hbond substituents is 1. The fourth-order valence-corrected chi connectivity index (χ4v) is 2.15. The summed E-state index contributed by atoms with van der Waals surface area (Å²) in [6.45, 7) is 0. The molecule has 18 heavy (non-hydrogen) atoms. The zero-order valence-electron chi connectivity index (χ0n) is 9.33. The Labute approximate surface area is 114 Å². The predicted octanol–water partition coefficient (Wildman–Crippen LogP) is 2.29. The molecule has 4 N–H and O–H groups in total. The van der Waals surface area contributed by atoms with Gasteiger partial charge in [-0.05, 0) is 52.3 Å². The molecule has 0 aliphatic carbocycles. The van der Waals surface area contributed by atoms with Gasteiger partial charge >= 0.3 is 0 Å². The van der Waals surface area contributed by atoms with Crippen LogP contribution in [-0.2, 0) is 0 Å². The number of nitrogens with one attached hydrogen (secondary N) is 1. The molecule has 0 fully saturated rings. The second-order valence-electron chi connectivity index (χ2n) is 3.52. The Bertz CT molecular complexity index is 579. The predicted molar refractivity (Wildman–Crippen MR) is 78.9 cm³/mol. The summed E-state index contributed by atoms with van der Waals surface area (Å²) in [5, 5.41) is 17.7. The van der Waals surface area contributed by atoms with E-state index in [9.17, 15) is 5.11 Å². The third-order valence-corrected chi connectivity index (χ3v) is 3.03. The highest BCUT2D eigenvalue weighted by atomic mass is 32.1. The highest BCUT2D eigenvalue weighted by Crippen LogP contribution is 2.26. The Kier molecular flexibility index (Phi) is 3.91. The molecular weight excluding hydrogens is 266 g/mol. The average molecular weight is 277 g/mol. The van der Waals surface area contributed by atoms with Gasteiger partial charge in [0.05, 0.1) is 6.21 Å². The Balaban J connectivity index is 2.27. The minimum atomic E-state index is 0.0831. The summed E-state index contributed by atoms with van der Waals surface area (Å²) in [6, 6.07) is 7.36. The maximum Gasteiger partial charge on any atom is 0.184 e. The molecule has 1 aromatic carbocycles. The largest absolute Gasteiger partial charge is 0.507 e. The maximum atomic E-state index is 9.72. The smallest absolute Gasteiger partial charge is 0.184 e. The van der Waals surface area contributed by atoms with E-state index in [0.717, 1.165) is 11.1 Å². The van der Waals surface area contributed by atoms with Gasteiger partial charge in [-0.2, -0.15) is 16.4 Å². The third kappa shape index (κ3) is 3.06. The standard InChI is InChI=1S/C12H11N3OS2/c13-12(17)15-14-6-10-5-8(1-2-11(10)16)9-3-4-18-7-9/h1-7,16H,(H3,13,15,17)/b14-6+. The van der Waals surface area contributed by atoms with Crippen LogP contribution in [0, 0.1) is 0 Å². The van der Waals surface area contributed by atoms with Crippen molar-refractivity contribution in [1.29, 1.82) is 0 Å². The molecule has 0 unspecified atom stereocenters. The fraction of sp³-hybridized carbons (Fsp3) is 0. The van der Waals surface area contributed by atoms with Crippen molar-refractivity contribution in [2.75, 3.05) is 0 Å². The molecule has 0 atom stereocenters. The van der Waals surface area contributed by atoms with E-state index in [-0.39, 0.29) is 10.9 Å². The van der Waals surface area contributed by atoms with Crippen molar-refractivity contribution in [3.8, 4) is 16.9 Å². The summed E-state index contributed by atoms with van der Waals surface area (Å²) in [5.74, 6) is 0.155. The topological polar surface area (TPSA) is 70.6 Å². The summed E-state index contributed by atoms with van der Waals surface area (Å²) in [7, 11) is 0. The fourth-order valence-electron chi connectivity index (χ4n) is 1.43. The number of phenols is 1. The molecular formula is C12H11N3OS2. The molecule has 0 saturated heterocycles. The van der Waals surface area contributed by atoms with Gasteiger partial charge in [-0.15, -0.1) is 0 Å². The van der Waals surface area contributed by atoms with E-state index in [1.165, 1.54) is 6.21 Å². The lowest BCUT2D eigenvalue weighted by molar-refractivity contribution is 0.474. The van der Waals surface area contributed by atoms with E-state index >= 15 is 0 Å². The van der Waals surface area contributed by atoms with Crippen molar-refractivity contribution >= 4 is 34.9 Å². The van der Waals surface area contributed by atoms with Crippen molar-refractivity contribution in [1.82, 2.24) is 5.43 Å². The highest BCUT2D eigenvalue weighted by Gasteiger charge is 2.03. The van der Waals surface area contributed by atoms with Crippen molar-refractivity contribution in [2.24, 2.45) is 10.8 Å². The summed E-state index contributed by atoms with van der Waals surface area (Å²) in [4.78, 5) is 0. The average Bonchev–Trinajstić information content (AvgIpc) is 2.84. The van der Waals surface area contributed by atoms with Gasteiger partial charge in [0, 0.05) is 5.56 Å². The number of benzene rings is 1. The second kappa shape index (κ2) is 5.61. The molecule has 0 aliphatic rings. The number of nitrogens with two attached hydrogens (primary N) is 1. The highest BCUT2D eigenvalue weighted by molar-refractivity contribution is 7.80. The number of hydrazone groups is 1. The van der Waals surface area contributed by atoms with Crippen molar-refractivity contribution < 1.29 is 5.11 Å². The van der Waals surface area contributed by atoms with E-state index in [1.54, 1.807) is 17.4 Å². The van der Waals surface area contributed by atoms with Crippen LogP contribution in [0.1, 0.15) is 5.56 Å². The number of aromatic hydroxyl groups is 1. The van der Waals surface area contributed by atoms with Crippen LogP contribution in [0.25, 0.3) is 11.1 Å². The van der Waals surface area contributed by atoms with Crippen LogP contribution in [0.4, 0.5) is 0 Å². The van der Waals surface area contributed by atoms with Gasteiger partial charge in [0.15, 0.2) is 5.11 Å². The number of nitrogens with zero attached hydrogens (tertiary/aromatic N) is 1. The summed E-state index contributed by atoms with van der Waals surface area (Å²) < 4.78 is 0. The zero-order chi connectivity index (χ0) is 13.0. The summed E-state index contributed by atoms with van der Waals surface area (Å²) >= 11 is 6.25. The van der Waals surface area contributed by atoms with Crippen molar-refractivity contribution in [3.05, 3.63) is 40.6 Å². The monoisotopic (exact) mass is 277 g/mol. The number of hydrogen-bond donors (Lipinski definition) is 3. The second-order valence-corrected chi connectivity index (χ2v) is 4.74. The lowest BCUT2D eigenvalue weighted by Gasteiger charge is -2.03. The first-order chi connectivity index (χ1) is 8.66. The van der Waals surface area contributed by atoms with Crippen LogP contribution in [0.15, 0.2) is 40.1 Å². The Morgan fingerprint density at radius 2 is 2.22 bits per heavy atom.